The first kappa shape index (κ1) is 13.4. The zero-order valence-electron chi connectivity index (χ0n) is 10.7. The standard InChI is InChI=1S/C13H19N3O/c1-13(2,3)11-7-4-5-8-12(11)17-10-6-9-15-16-14/h4-5,7-8H,6,9-10H2,1-3H3. The number of azide groups is 1. The van der Waals surface area contributed by atoms with E-state index in [-0.39, 0.29) is 5.41 Å². The van der Waals surface area contributed by atoms with Gasteiger partial charge < -0.3 is 4.74 Å². The second kappa shape index (κ2) is 6.16. The maximum atomic E-state index is 8.15. The molecule has 0 aliphatic rings. The van der Waals surface area contributed by atoms with Crippen LogP contribution in [0.3, 0.4) is 0 Å². The number of hydrogen-bond donors (Lipinski definition) is 0. The van der Waals surface area contributed by atoms with Crippen LogP contribution < -0.4 is 4.74 Å². The summed E-state index contributed by atoms with van der Waals surface area (Å²) in [6.07, 6.45) is 0.739. The Morgan fingerprint density at radius 3 is 2.65 bits per heavy atom. The van der Waals surface area contributed by atoms with Gasteiger partial charge >= 0.3 is 0 Å². The Kier molecular flexibility index (Phi) is 4.85. The van der Waals surface area contributed by atoms with Crippen LogP contribution in [-0.4, -0.2) is 13.2 Å². The van der Waals surface area contributed by atoms with E-state index in [1.807, 2.05) is 18.2 Å². The SMILES string of the molecule is CC(C)(C)c1ccccc1OCCCN=[N+]=[N-]. The van der Waals surface area contributed by atoms with Crippen LogP contribution >= 0.6 is 0 Å². The molecule has 1 aromatic rings. The fourth-order valence-corrected chi connectivity index (χ4v) is 1.57. The Morgan fingerprint density at radius 2 is 2.00 bits per heavy atom. The lowest BCUT2D eigenvalue weighted by Crippen LogP contribution is -2.13. The van der Waals surface area contributed by atoms with Crippen LogP contribution in [0.1, 0.15) is 32.8 Å². The van der Waals surface area contributed by atoms with E-state index in [9.17, 15) is 0 Å². The van der Waals surface area contributed by atoms with Gasteiger partial charge in [-0.2, -0.15) is 0 Å². The van der Waals surface area contributed by atoms with Crippen LogP contribution in [0.15, 0.2) is 29.4 Å². The highest BCUT2D eigenvalue weighted by Gasteiger charge is 2.17. The third-order valence-corrected chi connectivity index (χ3v) is 2.42. The van der Waals surface area contributed by atoms with E-state index >= 15 is 0 Å². The summed E-state index contributed by atoms with van der Waals surface area (Å²) in [7, 11) is 0. The molecule has 0 saturated carbocycles. The van der Waals surface area contributed by atoms with Crippen molar-refractivity contribution in [2.75, 3.05) is 13.2 Å². The van der Waals surface area contributed by atoms with E-state index in [0.717, 1.165) is 12.2 Å². The average Bonchev–Trinajstić information content (AvgIpc) is 2.28. The van der Waals surface area contributed by atoms with E-state index in [4.69, 9.17) is 10.3 Å². The molecule has 0 atom stereocenters. The molecule has 0 aliphatic carbocycles. The molecule has 0 aliphatic heterocycles. The minimum absolute atomic E-state index is 0.0708. The summed E-state index contributed by atoms with van der Waals surface area (Å²) in [6.45, 7) is 7.54. The minimum Gasteiger partial charge on any atom is -0.493 e. The molecule has 0 bridgehead atoms. The number of rotatable bonds is 5. The van der Waals surface area contributed by atoms with Gasteiger partial charge in [0.25, 0.3) is 0 Å². The van der Waals surface area contributed by atoms with Crippen molar-refractivity contribution in [3.63, 3.8) is 0 Å². The number of benzene rings is 1. The molecule has 0 spiro atoms. The van der Waals surface area contributed by atoms with Gasteiger partial charge in [-0.15, -0.1) is 0 Å². The molecule has 1 rings (SSSR count). The molecule has 4 nitrogen and oxygen atoms in total. The van der Waals surface area contributed by atoms with E-state index in [0.29, 0.717) is 13.2 Å². The van der Waals surface area contributed by atoms with E-state index in [1.54, 1.807) is 0 Å². The monoisotopic (exact) mass is 233 g/mol. The molecule has 4 heteroatoms. The van der Waals surface area contributed by atoms with Gasteiger partial charge in [0, 0.05) is 11.5 Å². The van der Waals surface area contributed by atoms with Crippen molar-refractivity contribution in [1.29, 1.82) is 0 Å². The molecule has 0 unspecified atom stereocenters. The molecule has 0 fully saturated rings. The molecule has 0 saturated heterocycles. The van der Waals surface area contributed by atoms with Crippen LogP contribution in [0.5, 0.6) is 5.75 Å². The molecule has 0 amide bonds. The van der Waals surface area contributed by atoms with Crippen molar-refractivity contribution in [2.45, 2.75) is 32.6 Å². The quantitative estimate of drug-likeness (QED) is 0.327. The first-order valence-corrected chi connectivity index (χ1v) is 5.79. The van der Waals surface area contributed by atoms with Crippen molar-refractivity contribution in [3.8, 4) is 5.75 Å². The Morgan fingerprint density at radius 1 is 1.29 bits per heavy atom. The molecule has 92 valence electrons. The first-order chi connectivity index (χ1) is 8.05. The van der Waals surface area contributed by atoms with Crippen molar-refractivity contribution >= 4 is 0 Å². The van der Waals surface area contributed by atoms with Crippen molar-refractivity contribution in [1.82, 2.24) is 0 Å². The van der Waals surface area contributed by atoms with Gasteiger partial charge in [0.15, 0.2) is 0 Å². The van der Waals surface area contributed by atoms with Crippen LogP contribution in [0.25, 0.3) is 10.4 Å². The molecular weight excluding hydrogens is 214 g/mol. The second-order valence-corrected chi connectivity index (χ2v) is 4.90. The van der Waals surface area contributed by atoms with Gasteiger partial charge in [-0.1, -0.05) is 44.1 Å². The van der Waals surface area contributed by atoms with Crippen LogP contribution in [0.4, 0.5) is 0 Å². The molecule has 17 heavy (non-hydrogen) atoms. The highest BCUT2D eigenvalue weighted by molar-refractivity contribution is 5.38. The number of nitrogens with zero attached hydrogens (tertiary/aromatic N) is 3. The number of ether oxygens (including phenoxy) is 1. The van der Waals surface area contributed by atoms with Crippen LogP contribution in [0.2, 0.25) is 0 Å². The highest BCUT2D eigenvalue weighted by Crippen LogP contribution is 2.30. The summed E-state index contributed by atoms with van der Waals surface area (Å²) in [5.74, 6) is 0.918. The van der Waals surface area contributed by atoms with Crippen molar-refractivity contribution < 1.29 is 4.74 Å². The van der Waals surface area contributed by atoms with Gasteiger partial charge in [-0.05, 0) is 29.0 Å². The predicted molar refractivity (Wildman–Crippen MR) is 69.3 cm³/mol. The Hall–Kier alpha value is -1.67. The Balaban J connectivity index is 2.61. The Bertz CT molecular complexity index is 403. The smallest absolute Gasteiger partial charge is 0.123 e. The zero-order chi connectivity index (χ0) is 12.7. The van der Waals surface area contributed by atoms with Crippen LogP contribution in [0, 0.1) is 0 Å². The summed E-state index contributed by atoms with van der Waals surface area (Å²) >= 11 is 0. The lowest BCUT2D eigenvalue weighted by atomic mass is 9.86. The van der Waals surface area contributed by atoms with Gasteiger partial charge in [-0.3, -0.25) is 0 Å². The van der Waals surface area contributed by atoms with Crippen molar-refractivity contribution in [2.24, 2.45) is 5.11 Å². The number of para-hydroxylation sites is 1. The highest BCUT2D eigenvalue weighted by atomic mass is 16.5. The summed E-state index contributed by atoms with van der Waals surface area (Å²) in [6, 6.07) is 8.06. The van der Waals surface area contributed by atoms with Gasteiger partial charge in [0.2, 0.25) is 0 Å². The van der Waals surface area contributed by atoms with Gasteiger partial charge in [0.05, 0.1) is 6.61 Å². The summed E-state index contributed by atoms with van der Waals surface area (Å²) in [5, 5.41) is 3.47. The third kappa shape index (κ3) is 4.37. The largest absolute Gasteiger partial charge is 0.493 e. The Labute approximate surface area is 102 Å². The number of hydrogen-bond acceptors (Lipinski definition) is 2. The molecule has 0 radical (unpaired) electrons. The van der Waals surface area contributed by atoms with Gasteiger partial charge in [-0.25, -0.2) is 0 Å². The van der Waals surface area contributed by atoms with E-state index < -0.39 is 0 Å². The zero-order valence-corrected chi connectivity index (χ0v) is 10.7. The summed E-state index contributed by atoms with van der Waals surface area (Å²) < 4.78 is 5.73. The lowest BCUT2D eigenvalue weighted by Gasteiger charge is -2.22. The van der Waals surface area contributed by atoms with Gasteiger partial charge in [0.1, 0.15) is 5.75 Å². The normalized spacial score (nSPS) is 10.8. The topological polar surface area (TPSA) is 58.0 Å². The maximum Gasteiger partial charge on any atom is 0.123 e. The minimum atomic E-state index is 0.0708. The van der Waals surface area contributed by atoms with E-state index in [1.165, 1.54) is 5.56 Å². The third-order valence-electron chi connectivity index (χ3n) is 2.42. The summed E-state index contributed by atoms with van der Waals surface area (Å²) in [5.41, 5.74) is 9.42. The maximum absolute atomic E-state index is 8.15. The van der Waals surface area contributed by atoms with Crippen molar-refractivity contribution in [3.05, 3.63) is 40.3 Å². The fourth-order valence-electron chi connectivity index (χ4n) is 1.57. The molecule has 0 N–H and O–H groups in total. The van der Waals surface area contributed by atoms with E-state index in [2.05, 4.69) is 36.9 Å². The predicted octanol–water partition coefficient (Wildman–Crippen LogP) is 4.06. The second-order valence-electron chi connectivity index (χ2n) is 4.90. The summed E-state index contributed by atoms with van der Waals surface area (Å²) in [4.78, 5) is 2.71. The molecule has 1 aromatic carbocycles. The fraction of sp³-hybridized carbons (Fsp3) is 0.538. The van der Waals surface area contributed by atoms with Crippen LogP contribution in [-0.2, 0) is 5.41 Å². The average molecular weight is 233 g/mol. The molecular formula is C13H19N3O. The lowest BCUT2D eigenvalue weighted by molar-refractivity contribution is 0.305. The molecule has 0 aromatic heterocycles. The molecule has 0 heterocycles. The first-order valence-electron chi connectivity index (χ1n) is 5.79.